The first kappa shape index (κ1) is 10.6. The van der Waals surface area contributed by atoms with Crippen LogP contribution in [0.15, 0.2) is 30.3 Å². The lowest BCUT2D eigenvalue weighted by atomic mass is 10.1. The number of pyridine rings is 1. The summed E-state index contributed by atoms with van der Waals surface area (Å²) >= 11 is 0. The summed E-state index contributed by atoms with van der Waals surface area (Å²) in [6, 6.07) is 9.81. The highest BCUT2D eigenvalue weighted by molar-refractivity contribution is 5.93. The minimum Gasteiger partial charge on any atom is -0.477 e. The second-order valence-corrected chi connectivity index (χ2v) is 3.60. The van der Waals surface area contributed by atoms with E-state index in [1.807, 2.05) is 44.2 Å². The molecule has 0 fully saturated rings. The summed E-state index contributed by atoms with van der Waals surface area (Å²) in [6.07, 6.45) is 0. The highest BCUT2D eigenvalue weighted by Crippen LogP contribution is 2.17. The van der Waals surface area contributed by atoms with Crippen LogP contribution in [0.25, 0.3) is 10.9 Å². The van der Waals surface area contributed by atoms with E-state index in [1.54, 1.807) is 0 Å². The number of nitrogens with one attached hydrogen (secondary N) is 1. The Morgan fingerprint density at radius 3 is 2.88 bits per heavy atom. The van der Waals surface area contributed by atoms with Crippen molar-refractivity contribution in [2.75, 3.05) is 6.61 Å². The molecule has 0 spiro atoms. The number of fused-ring (bicyclic) bond motifs is 1. The van der Waals surface area contributed by atoms with Crippen molar-refractivity contribution in [3.63, 3.8) is 0 Å². The zero-order chi connectivity index (χ0) is 11.5. The number of para-hydroxylation sites is 1. The van der Waals surface area contributed by atoms with Gasteiger partial charge in [-0.15, -0.1) is 0 Å². The number of aryl methyl sites for hydroxylation is 1. The molecule has 1 N–H and O–H groups in total. The van der Waals surface area contributed by atoms with Crippen LogP contribution in [0.5, 0.6) is 0 Å². The van der Waals surface area contributed by atoms with Gasteiger partial charge in [-0.1, -0.05) is 18.2 Å². The summed E-state index contributed by atoms with van der Waals surface area (Å²) in [5.41, 5.74) is 2.62. The van der Waals surface area contributed by atoms with Crippen LogP contribution < -0.4 is 0 Å². The van der Waals surface area contributed by atoms with Crippen LogP contribution in [0.2, 0.25) is 0 Å². The molecule has 0 saturated carbocycles. The zero-order valence-corrected chi connectivity index (χ0v) is 9.45. The third-order valence-corrected chi connectivity index (χ3v) is 2.44. The zero-order valence-electron chi connectivity index (χ0n) is 9.45. The van der Waals surface area contributed by atoms with Gasteiger partial charge in [-0.05, 0) is 31.5 Å². The van der Waals surface area contributed by atoms with E-state index in [9.17, 15) is 0 Å². The van der Waals surface area contributed by atoms with Gasteiger partial charge in [0.15, 0.2) is 0 Å². The minimum absolute atomic E-state index is 0.136. The van der Waals surface area contributed by atoms with Crippen LogP contribution in [0.3, 0.4) is 0 Å². The Morgan fingerprint density at radius 2 is 2.12 bits per heavy atom. The molecule has 0 bridgehead atoms. The van der Waals surface area contributed by atoms with Gasteiger partial charge in [0.05, 0.1) is 12.1 Å². The van der Waals surface area contributed by atoms with E-state index in [1.165, 1.54) is 0 Å². The fraction of sp³-hybridized carbons (Fsp3) is 0.231. The first-order valence-electron chi connectivity index (χ1n) is 5.30. The molecular weight excluding hydrogens is 200 g/mol. The van der Waals surface area contributed by atoms with Gasteiger partial charge in [0.25, 0.3) is 0 Å². The van der Waals surface area contributed by atoms with Crippen molar-refractivity contribution in [2.45, 2.75) is 13.8 Å². The highest BCUT2D eigenvalue weighted by atomic mass is 16.5. The Bertz CT molecular complexity index is 534. The smallest absolute Gasteiger partial charge is 0.232 e. The molecule has 0 radical (unpaired) electrons. The van der Waals surface area contributed by atoms with Gasteiger partial charge in [0.2, 0.25) is 5.90 Å². The maximum absolute atomic E-state index is 7.72. The summed E-state index contributed by atoms with van der Waals surface area (Å²) in [7, 11) is 0. The monoisotopic (exact) mass is 214 g/mol. The molecule has 2 aromatic rings. The molecule has 0 amide bonds. The Labute approximate surface area is 94.6 Å². The summed E-state index contributed by atoms with van der Waals surface area (Å²) in [6.45, 7) is 4.38. The van der Waals surface area contributed by atoms with E-state index in [0.29, 0.717) is 12.3 Å². The minimum atomic E-state index is 0.136. The lowest BCUT2D eigenvalue weighted by Gasteiger charge is -2.07. The van der Waals surface area contributed by atoms with Gasteiger partial charge in [0.1, 0.15) is 5.69 Å². The number of hydrogen-bond donors (Lipinski definition) is 1. The molecule has 0 aliphatic rings. The number of nitrogens with zero attached hydrogens (tertiary/aromatic N) is 1. The average Bonchev–Trinajstić information content (AvgIpc) is 2.29. The number of benzene rings is 1. The van der Waals surface area contributed by atoms with E-state index in [0.717, 1.165) is 16.5 Å². The Balaban J connectivity index is 2.53. The van der Waals surface area contributed by atoms with Gasteiger partial charge in [-0.25, -0.2) is 4.98 Å². The van der Waals surface area contributed by atoms with E-state index < -0.39 is 0 Å². The van der Waals surface area contributed by atoms with Crippen LogP contribution in [0.4, 0.5) is 0 Å². The highest BCUT2D eigenvalue weighted by Gasteiger charge is 2.07. The van der Waals surface area contributed by atoms with E-state index >= 15 is 0 Å². The molecule has 0 aliphatic carbocycles. The summed E-state index contributed by atoms with van der Waals surface area (Å²) in [5, 5.41) is 8.84. The molecule has 1 aromatic carbocycles. The Morgan fingerprint density at radius 1 is 1.38 bits per heavy atom. The molecule has 0 unspecified atom stereocenters. The fourth-order valence-corrected chi connectivity index (χ4v) is 1.68. The molecule has 2 rings (SSSR count). The van der Waals surface area contributed by atoms with Crippen molar-refractivity contribution < 1.29 is 4.74 Å². The van der Waals surface area contributed by atoms with Crippen molar-refractivity contribution in [1.82, 2.24) is 4.98 Å². The van der Waals surface area contributed by atoms with E-state index in [2.05, 4.69) is 4.98 Å². The normalized spacial score (nSPS) is 10.4. The number of hydrogen-bond acceptors (Lipinski definition) is 3. The van der Waals surface area contributed by atoms with Crippen molar-refractivity contribution in [3.05, 3.63) is 41.6 Å². The van der Waals surface area contributed by atoms with Crippen molar-refractivity contribution in [2.24, 2.45) is 0 Å². The van der Waals surface area contributed by atoms with Gasteiger partial charge in [0, 0.05) is 5.39 Å². The molecule has 16 heavy (non-hydrogen) atoms. The van der Waals surface area contributed by atoms with Gasteiger partial charge < -0.3 is 4.74 Å². The quantitative estimate of drug-likeness (QED) is 0.617. The van der Waals surface area contributed by atoms with Crippen molar-refractivity contribution in [1.29, 1.82) is 5.41 Å². The number of ether oxygens (including phenoxy) is 1. The van der Waals surface area contributed by atoms with E-state index in [-0.39, 0.29) is 5.90 Å². The third-order valence-electron chi connectivity index (χ3n) is 2.44. The second-order valence-electron chi connectivity index (χ2n) is 3.60. The maximum atomic E-state index is 7.72. The molecule has 0 saturated heterocycles. The number of rotatable bonds is 2. The molecule has 1 aromatic heterocycles. The molecular formula is C13H14N2O. The van der Waals surface area contributed by atoms with Crippen LogP contribution >= 0.6 is 0 Å². The first-order valence-corrected chi connectivity index (χ1v) is 5.30. The fourth-order valence-electron chi connectivity index (χ4n) is 1.68. The lowest BCUT2D eigenvalue weighted by Crippen LogP contribution is -2.07. The average molecular weight is 214 g/mol. The summed E-state index contributed by atoms with van der Waals surface area (Å²) in [5.74, 6) is 0.136. The molecule has 0 aliphatic heterocycles. The molecule has 3 heteroatoms. The third kappa shape index (κ3) is 1.89. The molecule has 3 nitrogen and oxygen atoms in total. The molecule has 1 heterocycles. The largest absolute Gasteiger partial charge is 0.477 e. The Kier molecular flexibility index (Phi) is 2.86. The standard InChI is InChI=1S/C13H14N2O/c1-3-16-13(14)12-8-9(2)10-6-4-5-7-11(10)15-12/h4-8,14H,3H2,1-2H3. The van der Waals surface area contributed by atoms with E-state index in [4.69, 9.17) is 10.1 Å². The second kappa shape index (κ2) is 4.31. The predicted octanol–water partition coefficient (Wildman–Crippen LogP) is 2.91. The first-order chi connectivity index (χ1) is 7.72. The number of aromatic nitrogens is 1. The predicted molar refractivity (Wildman–Crippen MR) is 64.9 cm³/mol. The van der Waals surface area contributed by atoms with Gasteiger partial charge in [-0.3, -0.25) is 5.41 Å². The van der Waals surface area contributed by atoms with Crippen LogP contribution in [0, 0.1) is 12.3 Å². The summed E-state index contributed by atoms with van der Waals surface area (Å²) < 4.78 is 5.15. The van der Waals surface area contributed by atoms with Gasteiger partial charge in [-0.2, -0.15) is 0 Å². The topological polar surface area (TPSA) is 46.0 Å². The van der Waals surface area contributed by atoms with Crippen molar-refractivity contribution >= 4 is 16.8 Å². The van der Waals surface area contributed by atoms with Crippen LogP contribution in [-0.2, 0) is 4.74 Å². The summed E-state index contributed by atoms with van der Waals surface area (Å²) in [4.78, 5) is 4.41. The molecule has 82 valence electrons. The maximum Gasteiger partial charge on any atom is 0.232 e. The Hall–Kier alpha value is -1.90. The van der Waals surface area contributed by atoms with Gasteiger partial charge >= 0.3 is 0 Å². The van der Waals surface area contributed by atoms with Crippen LogP contribution in [0.1, 0.15) is 18.2 Å². The molecule has 0 atom stereocenters. The lowest BCUT2D eigenvalue weighted by molar-refractivity contribution is 0.324. The SMILES string of the molecule is CCOC(=N)c1cc(C)c2ccccc2n1. The van der Waals surface area contributed by atoms with Crippen LogP contribution in [-0.4, -0.2) is 17.5 Å². The van der Waals surface area contributed by atoms with Crippen molar-refractivity contribution in [3.8, 4) is 0 Å².